The topological polar surface area (TPSA) is 102 Å². The molecule has 8 heteroatoms. The third kappa shape index (κ3) is 4.50. The molecule has 3 rings (SSSR count). The number of amides is 2. The Bertz CT molecular complexity index is 750. The second-order valence-corrected chi connectivity index (χ2v) is 6.99. The number of halogens is 1. The van der Waals surface area contributed by atoms with Crippen LogP contribution >= 0.6 is 0 Å². The van der Waals surface area contributed by atoms with E-state index in [0.29, 0.717) is 12.8 Å². The lowest BCUT2D eigenvalue weighted by Gasteiger charge is -2.36. The molecule has 7 nitrogen and oxygen atoms in total. The van der Waals surface area contributed by atoms with E-state index >= 15 is 0 Å². The lowest BCUT2D eigenvalue weighted by molar-refractivity contribution is -0.156. The number of fused-ring (bicyclic) bond motifs is 2. The molecule has 0 saturated heterocycles. The molecule has 2 fully saturated rings. The van der Waals surface area contributed by atoms with E-state index in [9.17, 15) is 23.6 Å². The number of hydrogen-bond acceptors (Lipinski definition) is 5. The number of Topliss-reactive ketones (excluding diaryl/α,β-unsaturated/α-hetero) is 1. The van der Waals surface area contributed by atoms with Gasteiger partial charge in [0.2, 0.25) is 0 Å². The average molecular weight is 376 g/mol. The van der Waals surface area contributed by atoms with Crippen molar-refractivity contribution in [2.24, 2.45) is 17.8 Å². The van der Waals surface area contributed by atoms with E-state index in [4.69, 9.17) is 4.74 Å². The number of hydrogen-bond donors (Lipinski definition) is 2. The number of nitrogens with one attached hydrogen (secondary N) is 2. The molecular formula is C19H21FN2O5. The first-order chi connectivity index (χ1) is 13.0. The molecule has 2 aliphatic rings. The van der Waals surface area contributed by atoms with Crippen LogP contribution in [0.2, 0.25) is 0 Å². The minimum Gasteiger partial charge on any atom is -0.455 e. The van der Waals surface area contributed by atoms with Crippen LogP contribution in [-0.4, -0.2) is 30.2 Å². The molecule has 0 aliphatic heterocycles. The minimum absolute atomic E-state index is 0.0797. The van der Waals surface area contributed by atoms with Crippen molar-refractivity contribution in [3.63, 3.8) is 0 Å². The number of ether oxygens (including phenoxy) is 1. The van der Waals surface area contributed by atoms with Crippen molar-refractivity contribution in [1.29, 1.82) is 0 Å². The fraction of sp³-hybridized carbons (Fsp3) is 0.474. The molecular weight excluding hydrogens is 355 g/mol. The van der Waals surface area contributed by atoms with E-state index in [2.05, 4.69) is 10.9 Å². The van der Waals surface area contributed by atoms with Crippen molar-refractivity contribution >= 4 is 23.6 Å². The average Bonchev–Trinajstić information content (AvgIpc) is 2.64. The van der Waals surface area contributed by atoms with Crippen LogP contribution < -0.4 is 10.9 Å². The van der Waals surface area contributed by atoms with Gasteiger partial charge in [-0.25, -0.2) is 4.39 Å². The normalized spacial score (nSPS) is 24.0. The van der Waals surface area contributed by atoms with Gasteiger partial charge in [0, 0.05) is 11.8 Å². The number of hydrazine groups is 1. The molecule has 2 aliphatic carbocycles. The summed E-state index contributed by atoms with van der Waals surface area (Å²) in [7, 11) is 0. The molecule has 2 N–H and O–H groups in total. The molecule has 1 aromatic rings. The summed E-state index contributed by atoms with van der Waals surface area (Å²) in [6, 6.07) is 5.34. The van der Waals surface area contributed by atoms with E-state index in [1.165, 1.54) is 18.2 Å². The third-order valence-electron chi connectivity index (χ3n) is 5.16. The van der Waals surface area contributed by atoms with Crippen molar-refractivity contribution in [2.75, 3.05) is 6.61 Å². The van der Waals surface area contributed by atoms with Crippen LogP contribution in [0, 0.1) is 23.6 Å². The maximum atomic E-state index is 13.5. The molecule has 2 amide bonds. The number of ketones is 1. The summed E-state index contributed by atoms with van der Waals surface area (Å²) in [6.07, 6.45) is 3.57. The molecule has 1 aromatic carbocycles. The largest absolute Gasteiger partial charge is 0.455 e. The zero-order chi connectivity index (χ0) is 19.4. The first kappa shape index (κ1) is 19.0. The molecule has 0 radical (unpaired) electrons. The smallest absolute Gasteiger partial charge is 0.309 e. The predicted molar refractivity (Wildman–Crippen MR) is 91.5 cm³/mol. The van der Waals surface area contributed by atoms with E-state index in [1.54, 1.807) is 0 Å². The lowest BCUT2D eigenvalue weighted by atomic mass is 9.67. The van der Waals surface area contributed by atoms with Crippen LogP contribution in [0.5, 0.6) is 0 Å². The quantitative estimate of drug-likeness (QED) is 0.613. The number of carbonyl (C=O) groups is 4. The van der Waals surface area contributed by atoms with Gasteiger partial charge in [0.1, 0.15) is 11.6 Å². The highest BCUT2D eigenvalue weighted by molar-refractivity contribution is 5.95. The molecule has 0 spiro atoms. The second kappa shape index (κ2) is 8.28. The summed E-state index contributed by atoms with van der Waals surface area (Å²) in [6.45, 7) is -0.559. The van der Waals surface area contributed by atoms with E-state index in [1.807, 2.05) is 0 Å². The molecule has 2 atom stereocenters. The maximum absolute atomic E-state index is 13.5. The van der Waals surface area contributed by atoms with Gasteiger partial charge in [0.25, 0.3) is 11.8 Å². The number of esters is 1. The highest BCUT2D eigenvalue weighted by atomic mass is 19.1. The first-order valence-electron chi connectivity index (χ1n) is 8.99. The maximum Gasteiger partial charge on any atom is 0.309 e. The van der Waals surface area contributed by atoms with Gasteiger partial charge < -0.3 is 4.74 Å². The van der Waals surface area contributed by atoms with Crippen molar-refractivity contribution in [2.45, 2.75) is 32.1 Å². The molecule has 0 aromatic heterocycles. The highest BCUT2D eigenvalue weighted by Crippen LogP contribution is 2.40. The Labute approximate surface area is 155 Å². The molecule has 2 bridgehead atoms. The van der Waals surface area contributed by atoms with Crippen molar-refractivity contribution in [1.82, 2.24) is 10.9 Å². The van der Waals surface area contributed by atoms with Crippen LogP contribution in [0.1, 0.15) is 42.5 Å². The fourth-order valence-corrected chi connectivity index (χ4v) is 3.80. The lowest BCUT2D eigenvalue weighted by Crippen LogP contribution is -2.44. The van der Waals surface area contributed by atoms with E-state index in [-0.39, 0.29) is 29.1 Å². The summed E-state index contributed by atoms with van der Waals surface area (Å²) in [5.74, 6) is -3.06. The number of benzene rings is 1. The summed E-state index contributed by atoms with van der Waals surface area (Å²) >= 11 is 0. The van der Waals surface area contributed by atoms with Crippen molar-refractivity contribution < 1.29 is 28.3 Å². The van der Waals surface area contributed by atoms with E-state index < -0.39 is 30.2 Å². The van der Waals surface area contributed by atoms with Gasteiger partial charge in [0.05, 0.1) is 11.5 Å². The van der Waals surface area contributed by atoms with Crippen molar-refractivity contribution in [3.8, 4) is 0 Å². The van der Waals surface area contributed by atoms with Gasteiger partial charge in [0.15, 0.2) is 6.61 Å². The molecule has 144 valence electrons. The summed E-state index contributed by atoms with van der Waals surface area (Å²) in [5, 5.41) is 0. The second-order valence-electron chi connectivity index (χ2n) is 6.99. The highest BCUT2D eigenvalue weighted by Gasteiger charge is 2.41. The van der Waals surface area contributed by atoms with Crippen LogP contribution in [0.15, 0.2) is 24.3 Å². The Morgan fingerprint density at radius 3 is 2.41 bits per heavy atom. The Kier molecular flexibility index (Phi) is 5.83. The Morgan fingerprint density at radius 2 is 1.74 bits per heavy atom. The fourth-order valence-electron chi connectivity index (χ4n) is 3.80. The minimum atomic E-state index is -0.814. The summed E-state index contributed by atoms with van der Waals surface area (Å²) in [5.41, 5.74) is 3.93. The number of rotatable bonds is 4. The number of carbonyl (C=O) groups excluding carboxylic acids is 4. The summed E-state index contributed by atoms with van der Waals surface area (Å²) < 4.78 is 18.5. The van der Waals surface area contributed by atoms with Gasteiger partial charge in [-0.2, -0.15) is 0 Å². The van der Waals surface area contributed by atoms with Gasteiger partial charge in [-0.05, 0) is 37.8 Å². The van der Waals surface area contributed by atoms with Crippen LogP contribution in [0.25, 0.3) is 0 Å². The molecule has 0 unspecified atom stereocenters. The zero-order valence-electron chi connectivity index (χ0n) is 14.7. The first-order valence-corrected chi connectivity index (χ1v) is 8.99. The Balaban J connectivity index is 1.43. The Hall–Kier alpha value is -2.77. The van der Waals surface area contributed by atoms with Gasteiger partial charge in [-0.1, -0.05) is 18.6 Å². The molecule has 0 heterocycles. The van der Waals surface area contributed by atoms with Crippen LogP contribution in [0.4, 0.5) is 4.39 Å². The van der Waals surface area contributed by atoms with Crippen LogP contribution in [0.3, 0.4) is 0 Å². The third-order valence-corrected chi connectivity index (χ3v) is 5.16. The van der Waals surface area contributed by atoms with Crippen molar-refractivity contribution in [3.05, 3.63) is 35.6 Å². The van der Waals surface area contributed by atoms with E-state index in [0.717, 1.165) is 25.3 Å². The van der Waals surface area contributed by atoms with Gasteiger partial charge >= 0.3 is 5.97 Å². The van der Waals surface area contributed by atoms with Gasteiger partial charge in [-0.3, -0.25) is 30.0 Å². The predicted octanol–water partition coefficient (Wildman–Crippen LogP) is 1.53. The zero-order valence-corrected chi connectivity index (χ0v) is 14.7. The standard InChI is InChI=1S/C19H21FN2O5/c20-15-7-2-1-6-14(15)18(25)22-21-16(23)10-27-19(26)13-8-11-4-3-5-12(9-13)17(11)24/h1-2,6-7,11-13H,3-5,8-10H2,(H,21,23)(H,22,25)/t11-,12-/m0/s1. The Morgan fingerprint density at radius 1 is 1.07 bits per heavy atom. The SMILES string of the molecule is O=C(COC(=O)C1C[C@@H]2CCC[C@@H](C1)C2=O)NNC(=O)c1ccccc1F. The molecule has 27 heavy (non-hydrogen) atoms. The summed E-state index contributed by atoms with van der Waals surface area (Å²) in [4.78, 5) is 47.8. The molecule has 2 saturated carbocycles. The van der Waals surface area contributed by atoms with Crippen LogP contribution in [-0.2, 0) is 19.1 Å². The van der Waals surface area contributed by atoms with Gasteiger partial charge in [-0.15, -0.1) is 0 Å². The monoisotopic (exact) mass is 376 g/mol.